The molecule has 0 heterocycles. The van der Waals surface area contributed by atoms with Gasteiger partial charge in [0.1, 0.15) is 5.75 Å². The van der Waals surface area contributed by atoms with E-state index in [9.17, 15) is 0 Å². The minimum Gasteiger partial charge on any atom is -0.494 e. The Kier molecular flexibility index (Phi) is 8.56. The number of hydrogen-bond acceptors (Lipinski definition) is 1. The molecular weight excluding hydrogens is 376 g/mol. The van der Waals surface area contributed by atoms with Crippen molar-refractivity contribution >= 4 is 0 Å². The van der Waals surface area contributed by atoms with Gasteiger partial charge in [0.15, 0.2) is 0 Å². The highest BCUT2D eigenvalue weighted by Gasteiger charge is 2.38. The topological polar surface area (TPSA) is 9.23 Å². The first-order valence-corrected chi connectivity index (χ1v) is 13.6. The van der Waals surface area contributed by atoms with E-state index >= 15 is 0 Å². The van der Waals surface area contributed by atoms with E-state index in [-0.39, 0.29) is 0 Å². The minimum absolute atomic E-state index is 0.875. The predicted octanol–water partition coefficient (Wildman–Crippen LogP) is 8.55. The van der Waals surface area contributed by atoms with Gasteiger partial charge in [-0.15, -0.1) is 6.58 Å². The van der Waals surface area contributed by atoms with E-state index < -0.39 is 0 Å². The van der Waals surface area contributed by atoms with Gasteiger partial charge in [0.25, 0.3) is 0 Å². The van der Waals surface area contributed by atoms with Crippen LogP contribution in [-0.2, 0) is 12.8 Å². The fraction of sp³-hybridized carbons (Fsp3) is 0.733. The summed E-state index contributed by atoms with van der Waals surface area (Å²) in [4.78, 5) is 0. The Balaban J connectivity index is 1.25. The fourth-order valence-corrected chi connectivity index (χ4v) is 7.04. The number of allylic oxidation sites excluding steroid dienone is 1. The standard InChI is InChI=1S/C30H46O/c1-3-5-7-8-18-31-30-17-16-28-21-27(14-15-29(28)22-30)26-13-12-24-19-23(9-6-4-2)10-11-25(24)20-26/h4,16-17,22-27H,2-3,5-15,18-21H2,1H3/t23-,24?,25-,26?,27?/m1/s1. The summed E-state index contributed by atoms with van der Waals surface area (Å²) in [6, 6.07) is 6.98. The highest BCUT2D eigenvalue weighted by Crippen LogP contribution is 2.49. The van der Waals surface area contributed by atoms with Crippen molar-refractivity contribution in [2.75, 3.05) is 6.61 Å². The first-order chi connectivity index (χ1) is 15.3. The number of fused-ring (bicyclic) bond motifs is 2. The summed E-state index contributed by atoms with van der Waals surface area (Å²) in [6.07, 6.45) is 22.8. The largest absolute Gasteiger partial charge is 0.494 e. The van der Waals surface area contributed by atoms with E-state index in [0.717, 1.165) is 41.9 Å². The summed E-state index contributed by atoms with van der Waals surface area (Å²) in [5, 5.41) is 0. The average Bonchev–Trinajstić information content (AvgIpc) is 2.81. The number of ether oxygens (including phenoxy) is 1. The van der Waals surface area contributed by atoms with Crippen LogP contribution >= 0.6 is 0 Å². The molecule has 0 bridgehead atoms. The lowest BCUT2D eigenvalue weighted by molar-refractivity contribution is 0.0699. The SMILES string of the molecule is C=CCC[C@@H]1CC[C@@H]2CC(C3CCc4cc(OCCCCCC)ccc4C3)CCC2C1. The van der Waals surface area contributed by atoms with Gasteiger partial charge >= 0.3 is 0 Å². The molecule has 0 N–H and O–H groups in total. The maximum absolute atomic E-state index is 6.05. The smallest absolute Gasteiger partial charge is 0.119 e. The molecule has 0 saturated heterocycles. The van der Waals surface area contributed by atoms with Crippen molar-refractivity contribution in [3.8, 4) is 5.75 Å². The van der Waals surface area contributed by atoms with Crippen LogP contribution in [0.15, 0.2) is 30.9 Å². The molecule has 1 heteroatoms. The minimum atomic E-state index is 0.875. The summed E-state index contributed by atoms with van der Waals surface area (Å²) < 4.78 is 6.05. The highest BCUT2D eigenvalue weighted by atomic mass is 16.5. The Hall–Kier alpha value is -1.24. The van der Waals surface area contributed by atoms with Gasteiger partial charge in [-0.05, 0) is 123 Å². The van der Waals surface area contributed by atoms with Gasteiger partial charge in [-0.1, -0.05) is 44.7 Å². The van der Waals surface area contributed by atoms with Gasteiger partial charge in [0.2, 0.25) is 0 Å². The summed E-state index contributed by atoms with van der Waals surface area (Å²) in [6.45, 7) is 7.06. The molecule has 0 aromatic heterocycles. The van der Waals surface area contributed by atoms with E-state index in [2.05, 4.69) is 37.8 Å². The van der Waals surface area contributed by atoms with E-state index in [1.807, 2.05) is 0 Å². The molecule has 1 aromatic carbocycles. The molecule has 1 aromatic rings. The molecule has 0 aliphatic heterocycles. The number of rotatable bonds is 10. The molecule has 0 radical (unpaired) electrons. The average molecular weight is 423 g/mol. The Morgan fingerprint density at radius 1 is 0.903 bits per heavy atom. The Labute approximate surface area is 192 Å². The zero-order valence-electron chi connectivity index (χ0n) is 20.1. The molecule has 3 unspecified atom stereocenters. The van der Waals surface area contributed by atoms with E-state index in [1.165, 1.54) is 96.3 Å². The second-order valence-electron chi connectivity index (χ2n) is 11.0. The molecular formula is C30H46O. The van der Waals surface area contributed by atoms with Crippen molar-refractivity contribution < 1.29 is 4.74 Å². The third-order valence-electron chi connectivity index (χ3n) is 8.92. The van der Waals surface area contributed by atoms with Gasteiger partial charge in [-0.25, -0.2) is 0 Å². The van der Waals surface area contributed by atoms with E-state index in [1.54, 1.807) is 11.1 Å². The highest BCUT2D eigenvalue weighted by molar-refractivity contribution is 5.37. The van der Waals surface area contributed by atoms with Crippen LogP contribution in [0.25, 0.3) is 0 Å². The number of unbranched alkanes of at least 4 members (excludes halogenated alkanes) is 3. The Morgan fingerprint density at radius 3 is 2.55 bits per heavy atom. The second-order valence-corrected chi connectivity index (χ2v) is 11.0. The molecule has 5 atom stereocenters. The van der Waals surface area contributed by atoms with Crippen molar-refractivity contribution in [2.45, 2.75) is 103 Å². The number of aryl methyl sites for hydroxylation is 1. The summed E-state index contributed by atoms with van der Waals surface area (Å²) >= 11 is 0. The molecule has 0 amide bonds. The van der Waals surface area contributed by atoms with Crippen LogP contribution in [0.5, 0.6) is 5.75 Å². The molecule has 2 fully saturated rings. The molecule has 1 nitrogen and oxygen atoms in total. The van der Waals surface area contributed by atoms with Crippen LogP contribution in [0.3, 0.4) is 0 Å². The van der Waals surface area contributed by atoms with Crippen LogP contribution < -0.4 is 4.74 Å². The first kappa shape index (κ1) is 22.9. The molecule has 3 aliphatic rings. The van der Waals surface area contributed by atoms with Crippen molar-refractivity contribution in [2.24, 2.45) is 29.6 Å². The quantitative estimate of drug-likeness (QED) is 0.271. The molecule has 3 aliphatic carbocycles. The van der Waals surface area contributed by atoms with Crippen molar-refractivity contribution in [1.82, 2.24) is 0 Å². The lowest BCUT2D eigenvalue weighted by Crippen LogP contribution is -2.35. The lowest BCUT2D eigenvalue weighted by Gasteiger charge is -2.45. The van der Waals surface area contributed by atoms with Crippen LogP contribution in [0.4, 0.5) is 0 Å². The van der Waals surface area contributed by atoms with Crippen molar-refractivity contribution in [1.29, 1.82) is 0 Å². The second kappa shape index (κ2) is 11.6. The monoisotopic (exact) mass is 422 g/mol. The van der Waals surface area contributed by atoms with Crippen molar-refractivity contribution in [3.05, 3.63) is 42.0 Å². The van der Waals surface area contributed by atoms with Gasteiger partial charge < -0.3 is 4.74 Å². The number of benzene rings is 1. The van der Waals surface area contributed by atoms with Gasteiger partial charge in [0.05, 0.1) is 6.61 Å². The first-order valence-electron chi connectivity index (χ1n) is 13.6. The van der Waals surface area contributed by atoms with Crippen LogP contribution in [0.1, 0.15) is 102 Å². The third-order valence-corrected chi connectivity index (χ3v) is 8.92. The van der Waals surface area contributed by atoms with Crippen LogP contribution in [0.2, 0.25) is 0 Å². The maximum atomic E-state index is 6.05. The van der Waals surface area contributed by atoms with E-state index in [4.69, 9.17) is 4.74 Å². The zero-order chi connectivity index (χ0) is 21.5. The van der Waals surface area contributed by atoms with Crippen LogP contribution in [0, 0.1) is 29.6 Å². The van der Waals surface area contributed by atoms with Crippen LogP contribution in [-0.4, -0.2) is 6.61 Å². The number of hydrogen-bond donors (Lipinski definition) is 0. The Bertz CT molecular complexity index is 692. The van der Waals surface area contributed by atoms with Crippen molar-refractivity contribution in [3.63, 3.8) is 0 Å². The fourth-order valence-electron chi connectivity index (χ4n) is 7.04. The zero-order valence-corrected chi connectivity index (χ0v) is 20.1. The van der Waals surface area contributed by atoms with E-state index in [0.29, 0.717) is 0 Å². The molecule has 0 spiro atoms. The molecule has 31 heavy (non-hydrogen) atoms. The predicted molar refractivity (Wildman–Crippen MR) is 133 cm³/mol. The Morgan fingerprint density at radius 2 is 1.71 bits per heavy atom. The lowest BCUT2D eigenvalue weighted by atomic mass is 9.61. The molecule has 172 valence electrons. The summed E-state index contributed by atoms with van der Waals surface area (Å²) in [5.41, 5.74) is 3.18. The van der Waals surface area contributed by atoms with Gasteiger partial charge in [0, 0.05) is 0 Å². The maximum Gasteiger partial charge on any atom is 0.119 e. The van der Waals surface area contributed by atoms with Gasteiger partial charge in [-0.3, -0.25) is 0 Å². The summed E-state index contributed by atoms with van der Waals surface area (Å²) in [7, 11) is 0. The normalized spacial score (nSPS) is 30.3. The molecule has 2 saturated carbocycles. The molecule has 4 rings (SSSR count). The van der Waals surface area contributed by atoms with Gasteiger partial charge in [-0.2, -0.15) is 0 Å². The summed E-state index contributed by atoms with van der Waals surface area (Å²) in [5.74, 6) is 6.06. The third kappa shape index (κ3) is 6.17.